The number of ether oxygens (including phenoxy) is 1. The summed E-state index contributed by atoms with van der Waals surface area (Å²) in [5, 5.41) is 11.9. The molecule has 1 atom stereocenters. The molecule has 0 bridgehead atoms. The van der Waals surface area contributed by atoms with Gasteiger partial charge in [-0.1, -0.05) is 12.1 Å². The van der Waals surface area contributed by atoms with Crippen LogP contribution in [0, 0.1) is 0 Å². The van der Waals surface area contributed by atoms with Gasteiger partial charge in [-0.15, -0.1) is 0 Å². The summed E-state index contributed by atoms with van der Waals surface area (Å²) in [6.45, 7) is 3.93. The van der Waals surface area contributed by atoms with Gasteiger partial charge in [0.15, 0.2) is 0 Å². The Morgan fingerprint density at radius 1 is 1.30 bits per heavy atom. The van der Waals surface area contributed by atoms with Crippen molar-refractivity contribution in [3.63, 3.8) is 0 Å². The van der Waals surface area contributed by atoms with Gasteiger partial charge in [0.25, 0.3) is 5.91 Å². The van der Waals surface area contributed by atoms with E-state index >= 15 is 0 Å². The minimum atomic E-state index is -0.947. The highest BCUT2D eigenvalue weighted by Gasteiger charge is 2.29. The fourth-order valence-electron chi connectivity index (χ4n) is 2.10. The molecule has 1 heterocycles. The molecule has 2 rings (SSSR count). The Labute approximate surface area is 117 Å². The van der Waals surface area contributed by atoms with Crippen LogP contribution >= 0.6 is 0 Å². The summed E-state index contributed by atoms with van der Waals surface area (Å²) < 4.78 is 5.31. The Bertz CT molecular complexity index is 501. The van der Waals surface area contributed by atoms with Crippen LogP contribution < -0.4 is 5.32 Å². The number of nitrogens with one attached hydrogen (secondary N) is 1. The zero-order valence-electron chi connectivity index (χ0n) is 11.7. The van der Waals surface area contributed by atoms with Crippen LogP contribution in [0.1, 0.15) is 32.3 Å². The van der Waals surface area contributed by atoms with E-state index in [0.717, 1.165) is 12.8 Å². The highest BCUT2D eigenvalue weighted by Crippen LogP contribution is 2.25. The molecule has 1 aliphatic heterocycles. The molecule has 0 unspecified atom stereocenters. The lowest BCUT2D eigenvalue weighted by Crippen LogP contribution is -2.29. The maximum atomic E-state index is 11.9. The third-order valence-electron chi connectivity index (χ3n) is 3.63. The van der Waals surface area contributed by atoms with Crippen LogP contribution in [0.3, 0.4) is 0 Å². The topological polar surface area (TPSA) is 75.6 Å². The van der Waals surface area contributed by atoms with Crippen molar-refractivity contribution >= 4 is 17.6 Å². The van der Waals surface area contributed by atoms with E-state index < -0.39 is 11.4 Å². The smallest absolute Gasteiger partial charge is 0.313 e. The minimum Gasteiger partial charge on any atom is -0.481 e. The number of carboxylic acids is 1. The second kappa shape index (κ2) is 5.63. The number of benzene rings is 1. The van der Waals surface area contributed by atoms with Crippen LogP contribution in [-0.2, 0) is 19.7 Å². The van der Waals surface area contributed by atoms with E-state index in [1.165, 1.54) is 0 Å². The van der Waals surface area contributed by atoms with Crippen LogP contribution in [0.15, 0.2) is 24.3 Å². The fraction of sp³-hybridized carbons (Fsp3) is 0.467. The van der Waals surface area contributed by atoms with Crippen molar-refractivity contribution in [2.75, 3.05) is 11.9 Å². The maximum Gasteiger partial charge on any atom is 0.313 e. The second-order valence-electron chi connectivity index (χ2n) is 5.50. The zero-order valence-corrected chi connectivity index (χ0v) is 11.7. The fourth-order valence-corrected chi connectivity index (χ4v) is 2.10. The number of carbonyl (C=O) groups is 2. The number of anilines is 1. The van der Waals surface area contributed by atoms with Crippen molar-refractivity contribution < 1.29 is 19.4 Å². The number of aliphatic carboxylic acids is 1. The van der Waals surface area contributed by atoms with Gasteiger partial charge in [-0.05, 0) is 44.4 Å². The van der Waals surface area contributed by atoms with Crippen molar-refractivity contribution in [1.82, 2.24) is 0 Å². The third-order valence-corrected chi connectivity index (χ3v) is 3.63. The zero-order chi connectivity index (χ0) is 14.8. The summed E-state index contributed by atoms with van der Waals surface area (Å²) in [5.74, 6) is -1.03. The minimum absolute atomic E-state index is 0.146. The summed E-state index contributed by atoms with van der Waals surface area (Å²) in [6, 6.07) is 6.87. The molecule has 20 heavy (non-hydrogen) atoms. The molecule has 1 aromatic rings. The number of hydrogen-bond donors (Lipinski definition) is 2. The second-order valence-corrected chi connectivity index (χ2v) is 5.50. The first kappa shape index (κ1) is 14.5. The van der Waals surface area contributed by atoms with Gasteiger partial charge in [-0.25, -0.2) is 0 Å². The molecule has 0 radical (unpaired) electrons. The molecule has 0 spiro atoms. The Kier molecular flexibility index (Phi) is 4.09. The van der Waals surface area contributed by atoms with Crippen LogP contribution in [0.5, 0.6) is 0 Å². The van der Waals surface area contributed by atoms with E-state index in [1.54, 1.807) is 38.1 Å². The Morgan fingerprint density at radius 3 is 2.45 bits per heavy atom. The molecule has 5 nitrogen and oxygen atoms in total. The van der Waals surface area contributed by atoms with Gasteiger partial charge < -0.3 is 15.2 Å². The van der Waals surface area contributed by atoms with E-state index in [9.17, 15) is 9.59 Å². The van der Waals surface area contributed by atoms with Gasteiger partial charge in [0.05, 0.1) is 5.41 Å². The van der Waals surface area contributed by atoms with Crippen LogP contribution in [0.4, 0.5) is 5.69 Å². The predicted octanol–water partition coefficient (Wildman–Crippen LogP) is 2.17. The molecular formula is C15H19NO4. The molecule has 1 aliphatic rings. The summed E-state index contributed by atoms with van der Waals surface area (Å²) in [6.07, 6.45) is 1.28. The van der Waals surface area contributed by atoms with Gasteiger partial charge in [0, 0.05) is 12.3 Å². The standard InChI is InChI=1S/C15H19NO4/c1-15(2,14(18)19)10-5-7-11(8-6-10)16-13(17)12-4-3-9-20-12/h5-8,12H,3-4,9H2,1-2H3,(H,16,17)(H,18,19)/t12-/m1/s1. The molecule has 5 heteroatoms. The van der Waals surface area contributed by atoms with Gasteiger partial charge >= 0.3 is 5.97 Å². The first-order chi connectivity index (χ1) is 9.41. The molecule has 2 N–H and O–H groups in total. The van der Waals surface area contributed by atoms with Crippen LogP contribution in [-0.4, -0.2) is 29.7 Å². The molecular weight excluding hydrogens is 258 g/mol. The molecule has 1 fully saturated rings. The first-order valence-corrected chi connectivity index (χ1v) is 6.67. The van der Waals surface area contributed by atoms with Crippen molar-refractivity contribution in [1.29, 1.82) is 0 Å². The molecule has 1 amide bonds. The van der Waals surface area contributed by atoms with E-state index in [2.05, 4.69) is 5.32 Å². The number of carboxylic acid groups (broad SMARTS) is 1. The predicted molar refractivity (Wildman–Crippen MR) is 74.7 cm³/mol. The first-order valence-electron chi connectivity index (χ1n) is 6.67. The summed E-state index contributed by atoms with van der Waals surface area (Å²) in [7, 11) is 0. The van der Waals surface area contributed by atoms with Crippen molar-refractivity contribution in [2.24, 2.45) is 0 Å². The Balaban J connectivity index is 2.05. The average Bonchev–Trinajstić information content (AvgIpc) is 2.93. The molecule has 0 saturated carbocycles. The van der Waals surface area contributed by atoms with Gasteiger partial charge in [0.1, 0.15) is 6.10 Å². The van der Waals surface area contributed by atoms with Gasteiger partial charge in [-0.2, -0.15) is 0 Å². The third kappa shape index (κ3) is 2.99. The SMILES string of the molecule is CC(C)(C(=O)O)c1ccc(NC(=O)[C@H]2CCCO2)cc1. The van der Waals surface area contributed by atoms with Gasteiger partial charge in [-0.3, -0.25) is 9.59 Å². The Morgan fingerprint density at radius 2 is 1.95 bits per heavy atom. The maximum absolute atomic E-state index is 11.9. The normalized spacial score (nSPS) is 18.8. The van der Waals surface area contributed by atoms with E-state index in [1.807, 2.05) is 0 Å². The largest absolute Gasteiger partial charge is 0.481 e. The van der Waals surface area contributed by atoms with Gasteiger partial charge in [0.2, 0.25) is 0 Å². The van der Waals surface area contributed by atoms with E-state index in [4.69, 9.17) is 9.84 Å². The molecule has 0 aromatic heterocycles. The van der Waals surface area contributed by atoms with Crippen molar-refractivity contribution in [3.8, 4) is 0 Å². The van der Waals surface area contributed by atoms with Crippen LogP contribution in [0.2, 0.25) is 0 Å². The monoisotopic (exact) mass is 277 g/mol. The molecule has 1 saturated heterocycles. The van der Waals surface area contributed by atoms with E-state index in [0.29, 0.717) is 17.9 Å². The number of amides is 1. The van der Waals surface area contributed by atoms with Crippen molar-refractivity contribution in [3.05, 3.63) is 29.8 Å². The summed E-state index contributed by atoms with van der Waals surface area (Å²) >= 11 is 0. The number of carbonyl (C=O) groups excluding carboxylic acids is 1. The Hall–Kier alpha value is -1.88. The lowest BCUT2D eigenvalue weighted by atomic mass is 9.85. The average molecular weight is 277 g/mol. The lowest BCUT2D eigenvalue weighted by molar-refractivity contribution is -0.142. The lowest BCUT2D eigenvalue weighted by Gasteiger charge is -2.20. The summed E-state index contributed by atoms with van der Waals surface area (Å²) in [4.78, 5) is 23.0. The quantitative estimate of drug-likeness (QED) is 0.884. The number of hydrogen-bond acceptors (Lipinski definition) is 3. The molecule has 108 valence electrons. The molecule has 0 aliphatic carbocycles. The number of rotatable bonds is 4. The summed E-state index contributed by atoms with van der Waals surface area (Å²) in [5.41, 5.74) is 0.396. The highest BCUT2D eigenvalue weighted by atomic mass is 16.5. The van der Waals surface area contributed by atoms with Crippen molar-refractivity contribution in [2.45, 2.75) is 38.2 Å². The highest BCUT2D eigenvalue weighted by molar-refractivity contribution is 5.94. The van der Waals surface area contributed by atoms with E-state index in [-0.39, 0.29) is 12.0 Å². The van der Waals surface area contributed by atoms with Crippen LogP contribution in [0.25, 0.3) is 0 Å². The molecule has 1 aromatic carbocycles.